The molecule has 0 spiro atoms. The second kappa shape index (κ2) is 8.45. The molecule has 0 atom stereocenters. The lowest BCUT2D eigenvalue weighted by Crippen LogP contribution is -2.18. The molecule has 0 fully saturated rings. The van der Waals surface area contributed by atoms with Crippen molar-refractivity contribution in [2.45, 2.75) is 32.1 Å². The summed E-state index contributed by atoms with van der Waals surface area (Å²) < 4.78 is 0. The molecule has 0 saturated heterocycles. The van der Waals surface area contributed by atoms with Gasteiger partial charge in [-0.25, -0.2) is 4.98 Å². The van der Waals surface area contributed by atoms with Crippen molar-refractivity contribution in [1.82, 2.24) is 4.98 Å². The van der Waals surface area contributed by atoms with Gasteiger partial charge in [0.2, 0.25) is 0 Å². The van der Waals surface area contributed by atoms with E-state index >= 15 is 0 Å². The standard InChI is InChI=1S/C22H21N3O3S/c26-16-10-5-4-8-14(16)20(27)25-22-19(15-9-2-1-3-11-17(15)29-22)21(28)24-18-12-6-7-13-23-18/h4-8,10,12-13,26H,1-3,9,11H2,(H,25,27)(H,23,24,28). The number of benzene rings is 1. The van der Waals surface area contributed by atoms with Crippen molar-refractivity contribution >= 4 is 34.0 Å². The third-order valence-corrected chi connectivity index (χ3v) is 6.14. The van der Waals surface area contributed by atoms with Crippen LogP contribution in [0.5, 0.6) is 5.75 Å². The number of carbonyl (C=O) groups excluding carboxylic acids is 2. The maximum Gasteiger partial charge on any atom is 0.260 e. The fraction of sp³-hybridized carbons (Fsp3) is 0.227. The smallest absolute Gasteiger partial charge is 0.260 e. The summed E-state index contributed by atoms with van der Waals surface area (Å²) >= 11 is 1.45. The number of anilines is 2. The number of pyridine rings is 1. The zero-order chi connectivity index (χ0) is 20.2. The van der Waals surface area contributed by atoms with Gasteiger partial charge in [-0.1, -0.05) is 24.6 Å². The van der Waals surface area contributed by atoms with Crippen LogP contribution in [0.2, 0.25) is 0 Å². The van der Waals surface area contributed by atoms with Crippen LogP contribution in [0.3, 0.4) is 0 Å². The van der Waals surface area contributed by atoms with Gasteiger partial charge in [-0.05, 0) is 55.5 Å². The molecular weight excluding hydrogens is 386 g/mol. The number of aromatic nitrogens is 1. The highest BCUT2D eigenvalue weighted by Gasteiger charge is 2.26. The Hall–Kier alpha value is -3.19. The van der Waals surface area contributed by atoms with E-state index in [9.17, 15) is 14.7 Å². The van der Waals surface area contributed by atoms with Crippen LogP contribution in [0.4, 0.5) is 10.8 Å². The Kier molecular flexibility index (Phi) is 5.57. The minimum Gasteiger partial charge on any atom is -0.507 e. The van der Waals surface area contributed by atoms with Crippen LogP contribution in [0.25, 0.3) is 0 Å². The number of hydrogen-bond donors (Lipinski definition) is 3. The third kappa shape index (κ3) is 4.14. The molecule has 0 bridgehead atoms. The summed E-state index contributed by atoms with van der Waals surface area (Å²) in [4.78, 5) is 31.2. The molecule has 4 rings (SSSR count). The van der Waals surface area contributed by atoms with Crippen molar-refractivity contribution in [3.8, 4) is 5.75 Å². The molecule has 2 aromatic heterocycles. The molecule has 2 heterocycles. The Balaban J connectivity index is 1.68. The van der Waals surface area contributed by atoms with Gasteiger partial charge in [-0.3, -0.25) is 9.59 Å². The third-order valence-electron chi connectivity index (χ3n) is 4.93. The monoisotopic (exact) mass is 407 g/mol. The number of fused-ring (bicyclic) bond motifs is 1. The minimum atomic E-state index is -0.439. The summed E-state index contributed by atoms with van der Waals surface area (Å²) in [5.74, 6) is -0.353. The number of hydrogen-bond acceptors (Lipinski definition) is 5. The van der Waals surface area contributed by atoms with E-state index in [0.717, 1.165) is 42.5 Å². The molecule has 29 heavy (non-hydrogen) atoms. The lowest BCUT2D eigenvalue weighted by atomic mass is 10.0. The van der Waals surface area contributed by atoms with Crippen molar-refractivity contribution in [3.63, 3.8) is 0 Å². The van der Waals surface area contributed by atoms with Crippen LogP contribution in [-0.4, -0.2) is 21.9 Å². The van der Waals surface area contributed by atoms with Gasteiger partial charge in [0.15, 0.2) is 0 Å². The molecule has 0 unspecified atom stereocenters. The molecule has 0 aliphatic heterocycles. The first-order valence-corrected chi connectivity index (χ1v) is 10.4. The van der Waals surface area contributed by atoms with Crippen LogP contribution < -0.4 is 10.6 Å². The average molecular weight is 407 g/mol. The average Bonchev–Trinajstić information content (AvgIpc) is 2.89. The Morgan fingerprint density at radius 1 is 0.931 bits per heavy atom. The second-order valence-electron chi connectivity index (χ2n) is 6.91. The van der Waals surface area contributed by atoms with Gasteiger partial charge in [0.05, 0.1) is 11.1 Å². The summed E-state index contributed by atoms with van der Waals surface area (Å²) in [5.41, 5.74) is 1.68. The highest BCUT2D eigenvalue weighted by molar-refractivity contribution is 7.17. The quantitative estimate of drug-likeness (QED) is 0.550. The van der Waals surface area contributed by atoms with Crippen LogP contribution in [0, 0.1) is 0 Å². The van der Waals surface area contributed by atoms with Gasteiger partial charge in [0, 0.05) is 11.1 Å². The Labute approximate surface area is 172 Å². The Morgan fingerprint density at radius 3 is 2.52 bits per heavy atom. The molecule has 1 aliphatic rings. The van der Waals surface area contributed by atoms with E-state index in [4.69, 9.17) is 0 Å². The second-order valence-corrected chi connectivity index (χ2v) is 8.01. The molecule has 148 valence electrons. The van der Waals surface area contributed by atoms with E-state index in [-0.39, 0.29) is 17.2 Å². The first-order chi connectivity index (χ1) is 14.1. The van der Waals surface area contributed by atoms with E-state index < -0.39 is 5.91 Å². The molecular formula is C22H21N3O3S. The topological polar surface area (TPSA) is 91.3 Å². The zero-order valence-electron chi connectivity index (χ0n) is 15.8. The Morgan fingerprint density at radius 2 is 1.72 bits per heavy atom. The summed E-state index contributed by atoms with van der Waals surface area (Å²) in [6.07, 6.45) is 6.54. The molecule has 3 N–H and O–H groups in total. The number of nitrogens with one attached hydrogen (secondary N) is 2. The van der Waals surface area contributed by atoms with Crippen molar-refractivity contribution in [3.05, 3.63) is 70.2 Å². The predicted molar refractivity (Wildman–Crippen MR) is 114 cm³/mol. The minimum absolute atomic E-state index is 0.0948. The number of amides is 2. The maximum atomic E-state index is 13.1. The van der Waals surface area contributed by atoms with E-state index in [1.807, 2.05) is 0 Å². The highest BCUT2D eigenvalue weighted by atomic mass is 32.1. The van der Waals surface area contributed by atoms with Gasteiger partial charge < -0.3 is 15.7 Å². The van der Waals surface area contributed by atoms with Gasteiger partial charge in [0.25, 0.3) is 11.8 Å². The number of rotatable bonds is 4. The number of thiophene rings is 1. The van der Waals surface area contributed by atoms with Crippen molar-refractivity contribution in [2.24, 2.45) is 0 Å². The molecule has 0 saturated carbocycles. The highest BCUT2D eigenvalue weighted by Crippen LogP contribution is 2.38. The van der Waals surface area contributed by atoms with Crippen molar-refractivity contribution in [1.29, 1.82) is 0 Å². The fourth-order valence-corrected chi connectivity index (χ4v) is 4.80. The maximum absolute atomic E-state index is 13.1. The van der Waals surface area contributed by atoms with E-state index in [2.05, 4.69) is 15.6 Å². The van der Waals surface area contributed by atoms with E-state index in [1.165, 1.54) is 17.4 Å². The molecule has 1 aromatic carbocycles. The summed E-state index contributed by atoms with van der Waals surface area (Å²) in [6, 6.07) is 11.7. The molecule has 0 radical (unpaired) electrons. The predicted octanol–water partition coefficient (Wildman–Crippen LogP) is 4.62. The largest absolute Gasteiger partial charge is 0.507 e. The van der Waals surface area contributed by atoms with Crippen LogP contribution in [0.15, 0.2) is 48.7 Å². The zero-order valence-corrected chi connectivity index (χ0v) is 16.6. The van der Waals surface area contributed by atoms with E-state index in [1.54, 1.807) is 42.6 Å². The molecule has 7 heteroatoms. The van der Waals surface area contributed by atoms with Gasteiger partial charge in [-0.2, -0.15) is 0 Å². The number of carbonyl (C=O) groups is 2. The number of phenols is 1. The first kappa shape index (κ1) is 19.1. The van der Waals surface area contributed by atoms with Gasteiger partial charge >= 0.3 is 0 Å². The fourth-order valence-electron chi connectivity index (χ4n) is 3.52. The van der Waals surface area contributed by atoms with Crippen LogP contribution >= 0.6 is 11.3 Å². The molecule has 1 aliphatic carbocycles. The number of phenolic OH excluding ortho intramolecular Hbond substituents is 1. The molecule has 3 aromatic rings. The normalized spacial score (nSPS) is 13.2. The SMILES string of the molecule is O=C(Nc1sc2c(c1C(=O)Nc1ccccn1)CCCCC2)c1ccccc1O. The summed E-state index contributed by atoms with van der Waals surface area (Å²) in [7, 11) is 0. The number of para-hydroxylation sites is 1. The lowest BCUT2D eigenvalue weighted by molar-refractivity contribution is 0.102. The van der Waals surface area contributed by atoms with Gasteiger partial charge in [0.1, 0.15) is 16.6 Å². The van der Waals surface area contributed by atoms with Gasteiger partial charge in [-0.15, -0.1) is 11.3 Å². The number of aryl methyl sites for hydroxylation is 1. The summed E-state index contributed by atoms with van der Waals surface area (Å²) in [5, 5.41) is 16.2. The van der Waals surface area contributed by atoms with Crippen LogP contribution in [-0.2, 0) is 12.8 Å². The molecule has 6 nitrogen and oxygen atoms in total. The van der Waals surface area contributed by atoms with Crippen molar-refractivity contribution < 1.29 is 14.7 Å². The summed E-state index contributed by atoms with van der Waals surface area (Å²) in [6.45, 7) is 0. The van der Waals surface area contributed by atoms with E-state index in [0.29, 0.717) is 16.4 Å². The molecule has 2 amide bonds. The lowest BCUT2D eigenvalue weighted by Gasteiger charge is -2.10. The Bertz CT molecular complexity index is 1050. The number of aromatic hydroxyl groups is 1. The number of nitrogens with zero attached hydrogens (tertiary/aromatic N) is 1. The van der Waals surface area contributed by atoms with Crippen LogP contribution in [0.1, 0.15) is 50.4 Å². The first-order valence-electron chi connectivity index (χ1n) is 9.60. The van der Waals surface area contributed by atoms with Crippen molar-refractivity contribution in [2.75, 3.05) is 10.6 Å².